The molecule has 0 spiro atoms. The van der Waals surface area contributed by atoms with Gasteiger partial charge in [0.25, 0.3) is 0 Å². The van der Waals surface area contributed by atoms with Crippen molar-refractivity contribution in [2.75, 3.05) is 6.54 Å². The van der Waals surface area contributed by atoms with Gasteiger partial charge in [-0.2, -0.15) is 5.10 Å². The number of hydrogen-bond acceptors (Lipinski definition) is 3. The van der Waals surface area contributed by atoms with Crippen molar-refractivity contribution in [1.29, 1.82) is 0 Å². The number of nitrogens with one attached hydrogen (secondary N) is 1. The van der Waals surface area contributed by atoms with Gasteiger partial charge in [0, 0.05) is 20.1 Å². The minimum Gasteiger partial charge on any atom is -0.334 e. The molecule has 1 unspecified atom stereocenters. The third-order valence-corrected chi connectivity index (χ3v) is 5.60. The first kappa shape index (κ1) is 19.9. The number of urea groups is 1. The van der Waals surface area contributed by atoms with Crippen LogP contribution in [0.5, 0.6) is 0 Å². The summed E-state index contributed by atoms with van der Waals surface area (Å²) in [4.78, 5) is 27.4. The summed E-state index contributed by atoms with van der Waals surface area (Å²) in [5.74, 6) is 0.648. The number of aromatic nitrogens is 3. The standard InChI is InChI=1S/C23H27N5O2/c1-17-10-12-18(13-11-17)15-24-22(29)27-14-6-9-20(27)21-25-26(2)23(30)28(21)16-19-7-4-3-5-8-19/h3-5,7-8,10-13,20H,6,9,14-16H2,1-2H3,(H,24,29). The molecule has 1 atom stereocenters. The molecule has 1 aliphatic heterocycles. The van der Waals surface area contributed by atoms with Crippen molar-refractivity contribution in [2.24, 2.45) is 7.05 Å². The van der Waals surface area contributed by atoms with E-state index in [-0.39, 0.29) is 17.8 Å². The quantitative estimate of drug-likeness (QED) is 0.709. The number of amides is 2. The van der Waals surface area contributed by atoms with Crippen molar-refractivity contribution in [3.8, 4) is 0 Å². The molecule has 4 rings (SSSR count). The zero-order valence-corrected chi connectivity index (χ0v) is 17.4. The molecule has 0 bridgehead atoms. The molecule has 1 aromatic heterocycles. The highest BCUT2D eigenvalue weighted by Crippen LogP contribution is 2.30. The summed E-state index contributed by atoms with van der Waals surface area (Å²) in [7, 11) is 1.66. The summed E-state index contributed by atoms with van der Waals surface area (Å²) >= 11 is 0. The summed E-state index contributed by atoms with van der Waals surface area (Å²) in [5, 5.41) is 7.51. The van der Waals surface area contributed by atoms with Crippen LogP contribution in [-0.4, -0.2) is 31.8 Å². The van der Waals surface area contributed by atoms with Crippen LogP contribution < -0.4 is 11.0 Å². The van der Waals surface area contributed by atoms with E-state index in [0.29, 0.717) is 25.5 Å². The molecule has 0 aliphatic carbocycles. The van der Waals surface area contributed by atoms with Crippen molar-refractivity contribution >= 4 is 6.03 Å². The lowest BCUT2D eigenvalue weighted by Crippen LogP contribution is -2.40. The number of rotatable bonds is 5. The van der Waals surface area contributed by atoms with Crippen LogP contribution in [0.25, 0.3) is 0 Å². The Morgan fingerprint density at radius 2 is 1.83 bits per heavy atom. The van der Waals surface area contributed by atoms with Crippen LogP contribution in [-0.2, 0) is 20.1 Å². The van der Waals surface area contributed by atoms with Gasteiger partial charge in [0.1, 0.15) is 0 Å². The first-order chi connectivity index (χ1) is 14.5. The summed E-state index contributed by atoms with van der Waals surface area (Å²) in [6.45, 7) is 3.61. The van der Waals surface area contributed by atoms with E-state index in [0.717, 1.165) is 24.0 Å². The number of nitrogens with zero attached hydrogens (tertiary/aromatic N) is 4. The van der Waals surface area contributed by atoms with Gasteiger partial charge in [0.15, 0.2) is 5.82 Å². The lowest BCUT2D eigenvalue weighted by molar-refractivity contribution is 0.189. The molecule has 1 aliphatic rings. The van der Waals surface area contributed by atoms with Crippen LogP contribution in [0.15, 0.2) is 59.4 Å². The fourth-order valence-corrected chi connectivity index (χ4v) is 3.95. The van der Waals surface area contributed by atoms with Gasteiger partial charge in [-0.3, -0.25) is 4.57 Å². The Morgan fingerprint density at radius 3 is 2.57 bits per heavy atom. The summed E-state index contributed by atoms with van der Waals surface area (Å²) < 4.78 is 3.05. The fourth-order valence-electron chi connectivity index (χ4n) is 3.95. The first-order valence-electron chi connectivity index (χ1n) is 10.3. The van der Waals surface area contributed by atoms with Gasteiger partial charge in [0.2, 0.25) is 0 Å². The predicted octanol–water partition coefficient (Wildman–Crippen LogP) is 2.99. The van der Waals surface area contributed by atoms with E-state index >= 15 is 0 Å². The molecule has 30 heavy (non-hydrogen) atoms. The lowest BCUT2D eigenvalue weighted by Gasteiger charge is -2.24. The van der Waals surface area contributed by atoms with Gasteiger partial charge in [-0.15, -0.1) is 0 Å². The lowest BCUT2D eigenvalue weighted by atomic mass is 10.1. The van der Waals surface area contributed by atoms with E-state index in [1.807, 2.05) is 61.5 Å². The molecule has 1 fully saturated rings. The number of carbonyl (C=O) groups excluding carboxylic acids is 1. The van der Waals surface area contributed by atoms with Crippen LogP contribution in [0.1, 0.15) is 41.4 Å². The Balaban J connectivity index is 1.53. The van der Waals surface area contributed by atoms with Crippen molar-refractivity contribution in [1.82, 2.24) is 24.6 Å². The van der Waals surface area contributed by atoms with Crippen LogP contribution >= 0.6 is 0 Å². The van der Waals surface area contributed by atoms with Gasteiger partial charge in [-0.05, 0) is 30.9 Å². The molecule has 0 saturated carbocycles. The van der Waals surface area contributed by atoms with E-state index in [1.54, 1.807) is 16.5 Å². The first-order valence-corrected chi connectivity index (χ1v) is 10.3. The Hall–Kier alpha value is -3.35. The number of carbonyl (C=O) groups is 1. The number of hydrogen-bond donors (Lipinski definition) is 1. The zero-order chi connectivity index (χ0) is 21.1. The van der Waals surface area contributed by atoms with E-state index in [2.05, 4.69) is 10.4 Å². The average molecular weight is 406 g/mol. The molecule has 1 N–H and O–H groups in total. The van der Waals surface area contributed by atoms with Gasteiger partial charge in [-0.1, -0.05) is 60.2 Å². The highest BCUT2D eigenvalue weighted by Gasteiger charge is 2.34. The molecule has 2 aromatic carbocycles. The largest absolute Gasteiger partial charge is 0.346 e. The highest BCUT2D eigenvalue weighted by atomic mass is 16.2. The smallest absolute Gasteiger partial charge is 0.334 e. The molecular weight excluding hydrogens is 378 g/mol. The van der Waals surface area contributed by atoms with Crippen molar-refractivity contribution in [2.45, 2.75) is 38.9 Å². The Morgan fingerprint density at radius 1 is 1.10 bits per heavy atom. The number of benzene rings is 2. The second-order valence-corrected chi connectivity index (χ2v) is 7.83. The molecular formula is C23H27N5O2. The van der Waals surface area contributed by atoms with Crippen LogP contribution in [0.4, 0.5) is 4.79 Å². The molecule has 156 valence electrons. The Kier molecular flexibility index (Phi) is 5.70. The monoisotopic (exact) mass is 405 g/mol. The molecule has 7 nitrogen and oxygen atoms in total. The maximum atomic E-state index is 12.9. The minimum absolute atomic E-state index is 0.123. The van der Waals surface area contributed by atoms with Gasteiger partial charge >= 0.3 is 11.7 Å². The minimum atomic E-state index is -0.208. The fraction of sp³-hybridized carbons (Fsp3) is 0.348. The zero-order valence-electron chi connectivity index (χ0n) is 17.4. The van der Waals surface area contributed by atoms with Crippen molar-refractivity contribution in [3.63, 3.8) is 0 Å². The molecule has 2 amide bonds. The molecule has 2 heterocycles. The summed E-state index contributed by atoms with van der Waals surface area (Å²) in [5.41, 5.74) is 3.11. The molecule has 7 heteroatoms. The SMILES string of the molecule is Cc1ccc(CNC(=O)N2CCCC2c2nn(C)c(=O)n2Cc2ccccc2)cc1. The Labute approximate surface area is 175 Å². The second-order valence-electron chi connectivity index (χ2n) is 7.83. The third-order valence-electron chi connectivity index (χ3n) is 5.60. The highest BCUT2D eigenvalue weighted by molar-refractivity contribution is 5.75. The van der Waals surface area contributed by atoms with Gasteiger partial charge in [-0.25, -0.2) is 14.3 Å². The van der Waals surface area contributed by atoms with Crippen molar-refractivity contribution in [3.05, 3.63) is 87.6 Å². The summed E-state index contributed by atoms with van der Waals surface area (Å²) in [6, 6.07) is 17.6. The van der Waals surface area contributed by atoms with E-state index < -0.39 is 0 Å². The summed E-state index contributed by atoms with van der Waals surface area (Å²) in [6.07, 6.45) is 1.68. The molecule has 0 radical (unpaired) electrons. The van der Waals surface area contributed by atoms with Gasteiger partial charge in [0.05, 0.1) is 12.6 Å². The topological polar surface area (TPSA) is 72.2 Å². The maximum Gasteiger partial charge on any atom is 0.346 e. The van der Waals surface area contributed by atoms with E-state index in [1.165, 1.54) is 10.2 Å². The van der Waals surface area contributed by atoms with Crippen LogP contribution in [0.3, 0.4) is 0 Å². The van der Waals surface area contributed by atoms with Crippen LogP contribution in [0, 0.1) is 6.92 Å². The Bertz CT molecular complexity index is 1070. The average Bonchev–Trinajstić information content (AvgIpc) is 3.34. The van der Waals surface area contributed by atoms with Crippen LogP contribution in [0.2, 0.25) is 0 Å². The van der Waals surface area contributed by atoms with Crippen molar-refractivity contribution < 1.29 is 4.79 Å². The second kappa shape index (κ2) is 8.57. The third kappa shape index (κ3) is 4.15. The maximum absolute atomic E-state index is 12.9. The predicted molar refractivity (Wildman–Crippen MR) is 115 cm³/mol. The number of aryl methyl sites for hydroxylation is 2. The molecule has 1 saturated heterocycles. The van der Waals surface area contributed by atoms with Gasteiger partial charge < -0.3 is 10.2 Å². The molecule has 3 aromatic rings. The normalized spacial score (nSPS) is 16.1. The van der Waals surface area contributed by atoms with E-state index in [9.17, 15) is 9.59 Å². The number of likely N-dealkylation sites (tertiary alicyclic amines) is 1. The van der Waals surface area contributed by atoms with E-state index in [4.69, 9.17) is 0 Å².